The summed E-state index contributed by atoms with van der Waals surface area (Å²) in [4.78, 5) is 37.4. The molecule has 120 valence electrons. The SMILES string of the molecule is COC(=O)Cc1csc(NC(=O)c2ccc([N+](=O)[O-])cc2Cl)n1. The van der Waals surface area contributed by atoms with Crippen LogP contribution in [0.5, 0.6) is 0 Å². The molecule has 1 N–H and O–H groups in total. The van der Waals surface area contributed by atoms with Crippen LogP contribution in [0.3, 0.4) is 0 Å². The molecule has 0 bridgehead atoms. The van der Waals surface area contributed by atoms with Crippen molar-refractivity contribution in [1.29, 1.82) is 0 Å². The largest absolute Gasteiger partial charge is 0.469 e. The maximum Gasteiger partial charge on any atom is 0.311 e. The second-order valence-electron chi connectivity index (χ2n) is 4.27. The Morgan fingerprint density at radius 3 is 2.83 bits per heavy atom. The lowest BCUT2D eigenvalue weighted by Gasteiger charge is -2.03. The third kappa shape index (κ3) is 4.24. The van der Waals surface area contributed by atoms with Gasteiger partial charge in [0.2, 0.25) is 0 Å². The summed E-state index contributed by atoms with van der Waals surface area (Å²) in [6.07, 6.45) is 0.00115. The van der Waals surface area contributed by atoms with Gasteiger partial charge in [-0.25, -0.2) is 4.98 Å². The summed E-state index contributed by atoms with van der Waals surface area (Å²) in [5.74, 6) is -0.990. The van der Waals surface area contributed by atoms with Crippen LogP contribution < -0.4 is 5.32 Å². The monoisotopic (exact) mass is 355 g/mol. The van der Waals surface area contributed by atoms with E-state index in [1.54, 1.807) is 5.38 Å². The van der Waals surface area contributed by atoms with E-state index in [9.17, 15) is 19.7 Å². The van der Waals surface area contributed by atoms with Gasteiger partial charge in [-0.2, -0.15) is 0 Å². The van der Waals surface area contributed by atoms with Crippen molar-refractivity contribution in [1.82, 2.24) is 4.98 Å². The molecule has 1 aromatic heterocycles. The molecule has 10 heteroatoms. The highest BCUT2D eigenvalue weighted by Gasteiger charge is 2.16. The number of carbonyl (C=O) groups is 2. The molecule has 23 heavy (non-hydrogen) atoms. The van der Waals surface area contributed by atoms with Crippen molar-refractivity contribution in [2.24, 2.45) is 0 Å². The Balaban J connectivity index is 2.10. The van der Waals surface area contributed by atoms with Gasteiger partial charge in [-0.05, 0) is 6.07 Å². The minimum atomic E-state index is -0.604. The van der Waals surface area contributed by atoms with E-state index in [0.29, 0.717) is 5.69 Å². The molecule has 1 aromatic carbocycles. The Morgan fingerprint density at radius 1 is 1.48 bits per heavy atom. The number of amides is 1. The molecule has 0 saturated heterocycles. The van der Waals surface area contributed by atoms with Gasteiger partial charge in [0.25, 0.3) is 11.6 Å². The van der Waals surface area contributed by atoms with Crippen LogP contribution in [-0.4, -0.2) is 28.9 Å². The van der Waals surface area contributed by atoms with Gasteiger partial charge in [-0.3, -0.25) is 25.0 Å². The highest BCUT2D eigenvalue weighted by atomic mass is 35.5. The summed E-state index contributed by atoms with van der Waals surface area (Å²) < 4.78 is 4.53. The molecule has 0 aliphatic heterocycles. The zero-order valence-electron chi connectivity index (χ0n) is 11.7. The molecule has 8 nitrogen and oxygen atoms in total. The van der Waals surface area contributed by atoms with Gasteiger partial charge in [-0.15, -0.1) is 11.3 Å². The van der Waals surface area contributed by atoms with Crippen molar-refractivity contribution in [2.75, 3.05) is 12.4 Å². The van der Waals surface area contributed by atoms with Gasteiger partial charge >= 0.3 is 5.97 Å². The molecule has 1 heterocycles. The van der Waals surface area contributed by atoms with Crippen LogP contribution in [0, 0.1) is 10.1 Å². The van der Waals surface area contributed by atoms with Crippen molar-refractivity contribution >= 4 is 45.6 Å². The van der Waals surface area contributed by atoms with E-state index < -0.39 is 16.8 Å². The number of nitro benzene ring substituents is 1. The van der Waals surface area contributed by atoms with Crippen LogP contribution in [0.15, 0.2) is 23.6 Å². The topological polar surface area (TPSA) is 111 Å². The smallest absolute Gasteiger partial charge is 0.311 e. The molecular formula is C13H10ClN3O5S. The first-order chi connectivity index (χ1) is 10.9. The van der Waals surface area contributed by atoms with E-state index in [-0.39, 0.29) is 27.8 Å². The molecule has 0 unspecified atom stereocenters. The third-order valence-corrected chi connectivity index (χ3v) is 3.85. The summed E-state index contributed by atoms with van der Waals surface area (Å²) in [5.41, 5.74) is 0.343. The number of anilines is 1. The molecule has 2 rings (SSSR count). The standard InChI is InChI=1S/C13H10ClN3O5S/c1-22-11(18)4-7-6-23-13(15-7)16-12(19)9-3-2-8(17(20)21)5-10(9)14/h2-3,5-6H,4H2,1H3,(H,15,16,19). The predicted octanol–water partition coefficient (Wildman–Crippen LogP) is 2.67. The van der Waals surface area contributed by atoms with Crippen molar-refractivity contribution in [3.8, 4) is 0 Å². The molecule has 0 aliphatic rings. The number of nitrogens with one attached hydrogen (secondary N) is 1. The summed E-state index contributed by atoms with van der Waals surface area (Å²) in [7, 11) is 1.27. The number of rotatable bonds is 5. The van der Waals surface area contributed by atoms with Gasteiger partial charge in [0, 0.05) is 17.5 Å². The number of carbonyl (C=O) groups excluding carboxylic acids is 2. The second kappa shape index (κ2) is 7.16. The third-order valence-electron chi connectivity index (χ3n) is 2.73. The van der Waals surface area contributed by atoms with Crippen LogP contribution in [-0.2, 0) is 16.0 Å². The van der Waals surface area contributed by atoms with Crippen LogP contribution in [0.2, 0.25) is 5.02 Å². The van der Waals surface area contributed by atoms with Crippen molar-refractivity contribution in [3.05, 3.63) is 50.0 Å². The molecule has 0 aliphatic carbocycles. The average Bonchev–Trinajstić information content (AvgIpc) is 2.93. The normalized spacial score (nSPS) is 10.2. The Labute approximate surface area is 139 Å². The fourth-order valence-corrected chi connectivity index (χ4v) is 2.60. The van der Waals surface area contributed by atoms with Gasteiger partial charge in [0.05, 0.1) is 34.7 Å². The maximum absolute atomic E-state index is 12.1. The van der Waals surface area contributed by atoms with Gasteiger partial charge in [-0.1, -0.05) is 11.6 Å². The number of non-ortho nitro benzene ring substituents is 1. The summed E-state index contributed by atoms with van der Waals surface area (Å²) >= 11 is 7.02. The number of ether oxygens (including phenoxy) is 1. The fraction of sp³-hybridized carbons (Fsp3) is 0.154. The summed E-state index contributed by atoms with van der Waals surface area (Å²) in [6.45, 7) is 0. The first kappa shape index (κ1) is 16.8. The summed E-state index contributed by atoms with van der Waals surface area (Å²) in [6, 6.07) is 3.55. The lowest BCUT2D eigenvalue weighted by molar-refractivity contribution is -0.384. The number of benzene rings is 1. The quantitative estimate of drug-likeness (QED) is 0.501. The first-order valence-corrected chi connectivity index (χ1v) is 7.43. The van der Waals surface area contributed by atoms with E-state index in [1.807, 2.05) is 0 Å². The highest BCUT2D eigenvalue weighted by Crippen LogP contribution is 2.24. The van der Waals surface area contributed by atoms with Gasteiger partial charge < -0.3 is 4.74 Å². The molecule has 0 saturated carbocycles. The Hall–Kier alpha value is -2.52. The van der Waals surface area contributed by atoms with E-state index in [0.717, 1.165) is 17.4 Å². The zero-order chi connectivity index (χ0) is 17.0. The number of hydrogen-bond acceptors (Lipinski definition) is 7. The number of thiazole rings is 1. The van der Waals surface area contributed by atoms with E-state index in [1.165, 1.54) is 19.2 Å². The van der Waals surface area contributed by atoms with Gasteiger partial charge in [0.15, 0.2) is 5.13 Å². The number of esters is 1. The molecule has 2 aromatic rings. The average molecular weight is 356 g/mol. The number of nitro groups is 1. The number of hydrogen-bond donors (Lipinski definition) is 1. The van der Waals surface area contributed by atoms with Crippen LogP contribution in [0.25, 0.3) is 0 Å². The Morgan fingerprint density at radius 2 is 2.22 bits per heavy atom. The first-order valence-electron chi connectivity index (χ1n) is 6.17. The maximum atomic E-state index is 12.1. The van der Waals surface area contributed by atoms with Crippen molar-refractivity contribution in [2.45, 2.75) is 6.42 Å². The lowest BCUT2D eigenvalue weighted by Crippen LogP contribution is -2.12. The van der Waals surface area contributed by atoms with E-state index in [2.05, 4.69) is 15.0 Å². The molecule has 0 fully saturated rings. The lowest BCUT2D eigenvalue weighted by atomic mass is 10.2. The van der Waals surface area contributed by atoms with Crippen molar-refractivity contribution < 1.29 is 19.2 Å². The minimum Gasteiger partial charge on any atom is -0.469 e. The Bertz CT molecular complexity index is 777. The highest BCUT2D eigenvalue weighted by molar-refractivity contribution is 7.14. The van der Waals surface area contributed by atoms with Crippen LogP contribution in [0.1, 0.15) is 16.1 Å². The van der Waals surface area contributed by atoms with Crippen molar-refractivity contribution in [3.63, 3.8) is 0 Å². The molecule has 0 radical (unpaired) electrons. The summed E-state index contributed by atoms with van der Waals surface area (Å²) in [5, 5.41) is 15.0. The number of aromatic nitrogens is 1. The molecular weight excluding hydrogens is 346 g/mol. The Kier molecular flexibility index (Phi) is 5.24. The second-order valence-corrected chi connectivity index (χ2v) is 5.54. The molecule has 0 spiro atoms. The number of halogens is 1. The zero-order valence-corrected chi connectivity index (χ0v) is 13.3. The number of methoxy groups -OCH3 is 1. The van der Waals surface area contributed by atoms with Crippen LogP contribution in [0.4, 0.5) is 10.8 Å². The minimum absolute atomic E-state index is 0.00115. The fourth-order valence-electron chi connectivity index (χ4n) is 1.63. The van der Waals surface area contributed by atoms with E-state index >= 15 is 0 Å². The van der Waals surface area contributed by atoms with E-state index in [4.69, 9.17) is 11.6 Å². The predicted molar refractivity (Wildman–Crippen MR) is 83.9 cm³/mol. The van der Waals surface area contributed by atoms with Gasteiger partial charge in [0.1, 0.15) is 0 Å². The van der Waals surface area contributed by atoms with Crippen LogP contribution >= 0.6 is 22.9 Å². The molecule has 0 atom stereocenters. The molecule has 1 amide bonds. The number of nitrogens with zero attached hydrogens (tertiary/aromatic N) is 2.